The molecule has 5 nitrogen and oxygen atoms in total. The zero-order valence-corrected chi connectivity index (χ0v) is 12.3. The number of aromatic nitrogens is 1. The van der Waals surface area contributed by atoms with Crippen LogP contribution in [0.2, 0.25) is 0 Å². The van der Waals surface area contributed by atoms with Gasteiger partial charge >= 0.3 is 6.09 Å². The molecule has 1 rings (SSSR count). The van der Waals surface area contributed by atoms with Crippen LogP contribution in [0.5, 0.6) is 0 Å². The molecular formula is C13H17N2O3S. The molecule has 0 fully saturated rings. The van der Waals surface area contributed by atoms with Gasteiger partial charge < -0.3 is 4.74 Å². The van der Waals surface area contributed by atoms with Crippen molar-refractivity contribution in [3.8, 4) is 0 Å². The molecule has 1 radical (unpaired) electrons. The van der Waals surface area contributed by atoms with Gasteiger partial charge in [0.15, 0.2) is 5.13 Å². The van der Waals surface area contributed by atoms with E-state index in [1.807, 2.05) is 13.2 Å². The van der Waals surface area contributed by atoms with Gasteiger partial charge in [0.25, 0.3) is 0 Å². The summed E-state index contributed by atoms with van der Waals surface area (Å²) in [7, 11) is 0. The van der Waals surface area contributed by atoms with Crippen LogP contribution in [0.15, 0.2) is 11.5 Å². The summed E-state index contributed by atoms with van der Waals surface area (Å²) >= 11 is 1.23. The Hall–Kier alpha value is -1.69. The van der Waals surface area contributed by atoms with Gasteiger partial charge in [-0.15, -0.1) is 11.3 Å². The summed E-state index contributed by atoms with van der Waals surface area (Å²) in [5.41, 5.74) is 0.345. The van der Waals surface area contributed by atoms with Crippen LogP contribution in [-0.4, -0.2) is 23.0 Å². The fraction of sp³-hybridized carbons (Fsp3) is 0.462. The van der Waals surface area contributed by atoms with Crippen molar-refractivity contribution >= 4 is 34.4 Å². The molecule has 19 heavy (non-hydrogen) atoms. The van der Waals surface area contributed by atoms with E-state index in [1.165, 1.54) is 11.3 Å². The van der Waals surface area contributed by atoms with Crippen LogP contribution >= 0.6 is 11.3 Å². The topological polar surface area (TPSA) is 68.3 Å². The number of amides is 1. The summed E-state index contributed by atoms with van der Waals surface area (Å²) in [6, 6.07) is 0. The highest BCUT2D eigenvalue weighted by Crippen LogP contribution is 2.21. The maximum Gasteiger partial charge on any atom is 0.413 e. The number of thiazole rings is 1. The summed E-state index contributed by atoms with van der Waals surface area (Å²) in [4.78, 5) is 26.5. The zero-order valence-electron chi connectivity index (χ0n) is 11.4. The molecule has 0 aliphatic carbocycles. The molecule has 0 spiro atoms. The molecule has 1 N–H and O–H groups in total. The number of hydrogen-bond acceptors (Lipinski definition) is 5. The number of carbonyl (C=O) groups is 1. The van der Waals surface area contributed by atoms with Crippen molar-refractivity contribution in [3.63, 3.8) is 0 Å². The van der Waals surface area contributed by atoms with Crippen LogP contribution in [-0.2, 0) is 9.53 Å². The molecule has 0 aliphatic heterocycles. The Morgan fingerprint density at radius 2 is 2.26 bits per heavy atom. The maximum atomic E-state index is 11.5. The molecule has 0 bridgehead atoms. The van der Waals surface area contributed by atoms with E-state index < -0.39 is 11.7 Å². The molecule has 0 atom stereocenters. The molecule has 0 unspecified atom stereocenters. The van der Waals surface area contributed by atoms with Gasteiger partial charge in [0, 0.05) is 11.0 Å². The predicted octanol–water partition coefficient (Wildman–Crippen LogP) is 3.39. The maximum absolute atomic E-state index is 11.5. The number of nitrogens with one attached hydrogen (secondary N) is 1. The Bertz CT molecular complexity index is 486. The highest BCUT2D eigenvalue weighted by molar-refractivity contribution is 7.14. The van der Waals surface area contributed by atoms with Crippen LogP contribution in [0.25, 0.3) is 5.57 Å². The Labute approximate surface area is 116 Å². The number of hydrogen-bond donors (Lipinski definition) is 1. The SMILES string of the molecule is CC/C=C(\[C]=O)c1csc(NC(=O)OC(C)(C)C)n1. The fourth-order valence-corrected chi connectivity index (χ4v) is 1.94. The number of carbonyl (C=O) groups excluding carboxylic acids is 2. The van der Waals surface area contributed by atoms with Gasteiger partial charge in [-0.2, -0.15) is 0 Å². The van der Waals surface area contributed by atoms with E-state index >= 15 is 0 Å². The molecule has 0 aromatic carbocycles. The van der Waals surface area contributed by atoms with Crippen LogP contribution in [0.4, 0.5) is 9.93 Å². The second kappa shape index (κ2) is 6.47. The Morgan fingerprint density at radius 3 is 2.79 bits per heavy atom. The molecule has 1 aromatic heterocycles. The smallest absolute Gasteiger partial charge is 0.413 e. The normalized spacial score (nSPS) is 12.1. The number of ether oxygens (including phenoxy) is 1. The molecule has 103 valence electrons. The van der Waals surface area contributed by atoms with E-state index in [1.54, 1.807) is 32.2 Å². The summed E-state index contributed by atoms with van der Waals surface area (Å²) in [5.74, 6) is 0. The van der Waals surface area contributed by atoms with Crippen molar-refractivity contribution < 1.29 is 14.3 Å². The van der Waals surface area contributed by atoms with E-state index in [9.17, 15) is 9.59 Å². The van der Waals surface area contributed by atoms with Crippen LogP contribution < -0.4 is 5.32 Å². The van der Waals surface area contributed by atoms with Crippen molar-refractivity contribution in [2.45, 2.75) is 39.7 Å². The van der Waals surface area contributed by atoms with Gasteiger partial charge in [-0.3, -0.25) is 10.1 Å². The van der Waals surface area contributed by atoms with Gasteiger partial charge in [-0.1, -0.05) is 13.0 Å². The first kappa shape index (κ1) is 15.4. The third-order valence-corrected chi connectivity index (χ3v) is 2.66. The van der Waals surface area contributed by atoms with Crippen molar-refractivity contribution in [2.24, 2.45) is 0 Å². The zero-order chi connectivity index (χ0) is 14.5. The monoisotopic (exact) mass is 281 g/mol. The minimum Gasteiger partial charge on any atom is -0.444 e. The minimum absolute atomic E-state index is 0.390. The van der Waals surface area contributed by atoms with E-state index in [0.29, 0.717) is 16.4 Å². The lowest BCUT2D eigenvalue weighted by Gasteiger charge is -2.18. The van der Waals surface area contributed by atoms with Gasteiger partial charge in [0.1, 0.15) is 5.60 Å². The summed E-state index contributed by atoms with van der Waals surface area (Å²) < 4.78 is 5.11. The number of allylic oxidation sites excluding steroid dienone is 2. The molecule has 0 saturated heterocycles. The van der Waals surface area contributed by atoms with Crippen LogP contribution in [0.3, 0.4) is 0 Å². The fourth-order valence-electron chi connectivity index (χ4n) is 1.25. The van der Waals surface area contributed by atoms with Crippen molar-refractivity contribution in [1.82, 2.24) is 4.98 Å². The summed E-state index contributed by atoms with van der Waals surface area (Å²) in [6.07, 6.45) is 3.72. The standard InChI is InChI=1S/C13H17N2O3S/c1-5-6-9(7-16)10-8-19-11(14-10)15-12(17)18-13(2,3)4/h6,8H,5H2,1-4H3,(H,14,15,17)/b9-6+. The van der Waals surface area contributed by atoms with E-state index in [0.717, 1.165) is 6.42 Å². The molecule has 0 saturated carbocycles. The van der Waals surface area contributed by atoms with Gasteiger partial charge in [-0.05, 0) is 27.2 Å². The summed E-state index contributed by atoms with van der Waals surface area (Å²) in [5, 5.41) is 4.61. The highest BCUT2D eigenvalue weighted by atomic mass is 32.1. The second-order valence-corrected chi connectivity index (χ2v) is 5.65. The molecule has 1 heterocycles. The summed E-state index contributed by atoms with van der Waals surface area (Å²) in [6.45, 7) is 7.26. The van der Waals surface area contributed by atoms with Crippen LogP contribution in [0.1, 0.15) is 39.8 Å². The molecular weight excluding hydrogens is 264 g/mol. The van der Waals surface area contributed by atoms with Crippen molar-refractivity contribution in [2.75, 3.05) is 5.32 Å². The Kier molecular flexibility index (Phi) is 5.23. The second-order valence-electron chi connectivity index (χ2n) is 4.79. The largest absolute Gasteiger partial charge is 0.444 e. The quantitative estimate of drug-likeness (QED) is 0.859. The Balaban J connectivity index is 2.73. The van der Waals surface area contributed by atoms with E-state index in [4.69, 9.17) is 4.74 Å². The molecule has 1 amide bonds. The van der Waals surface area contributed by atoms with Gasteiger partial charge in [0.2, 0.25) is 6.29 Å². The highest BCUT2D eigenvalue weighted by Gasteiger charge is 2.17. The van der Waals surface area contributed by atoms with Crippen LogP contribution in [0, 0.1) is 0 Å². The first-order valence-corrected chi connectivity index (χ1v) is 6.78. The first-order valence-electron chi connectivity index (χ1n) is 5.90. The Morgan fingerprint density at radius 1 is 1.58 bits per heavy atom. The van der Waals surface area contributed by atoms with Gasteiger partial charge in [-0.25, -0.2) is 9.78 Å². The van der Waals surface area contributed by atoms with Crippen molar-refractivity contribution in [3.05, 3.63) is 17.2 Å². The third kappa shape index (κ3) is 5.21. The number of anilines is 1. The van der Waals surface area contributed by atoms with Crippen molar-refractivity contribution in [1.29, 1.82) is 0 Å². The number of rotatable bonds is 4. The predicted molar refractivity (Wildman–Crippen MR) is 75.9 cm³/mol. The van der Waals surface area contributed by atoms with Gasteiger partial charge in [0.05, 0.1) is 5.69 Å². The lowest BCUT2D eigenvalue weighted by molar-refractivity contribution is 0.0636. The average Bonchev–Trinajstić information content (AvgIpc) is 2.71. The lowest BCUT2D eigenvalue weighted by Crippen LogP contribution is -2.27. The molecule has 0 aliphatic rings. The molecule has 1 aromatic rings. The van der Waals surface area contributed by atoms with E-state index in [2.05, 4.69) is 10.3 Å². The number of nitrogens with zero attached hydrogens (tertiary/aromatic N) is 1. The third-order valence-electron chi connectivity index (χ3n) is 1.91. The first-order chi connectivity index (χ1) is 8.85. The van der Waals surface area contributed by atoms with E-state index in [-0.39, 0.29) is 0 Å². The minimum atomic E-state index is -0.565. The lowest BCUT2D eigenvalue weighted by atomic mass is 10.2. The molecule has 6 heteroatoms. The average molecular weight is 281 g/mol.